The molecular weight excluding hydrogens is 222 g/mol. The number of aliphatic hydroxyl groups is 1. The van der Waals surface area contributed by atoms with Crippen LogP contribution in [0.25, 0.3) is 0 Å². The maximum Gasteiger partial charge on any atom is 0.333 e. The molecule has 8 heteroatoms. The van der Waals surface area contributed by atoms with Crippen molar-refractivity contribution in [2.45, 2.75) is 19.4 Å². The van der Waals surface area contributed by atoms with Gasteiger partial charge in [0.2, 0.25) is 0 Å². The van der Waals surface area contributed by atoms with Gasteiger partial charge in [0.1, 0.15) is 0 Å². The van der Waals surface area contributed by atoms with Gasteiger partial charge in [0.25, 0.3) is 0 Å². The Kier molecular flexibility index (Phi) is 11.8. The van der Waals surface area contributed by atoms with Crippen molar-refractivity contribution in [3.05, 3.63) is 12.2 Å². The zero-order chi connectivity index (χ0) is 12.6. The molecule has 0 heterocycles. The predicted molar refractivity (Wildman–Crippen MR) is 53.4 cm³/mol. The van der Waals surface area contributed by atoms with Crippen LogP contribution in [0, 0.1) is 0 Å². The standard InChI is InChI=1S/C4H6O5.C4H6O2.H3N/c5-2(4(8)9)1-3(6)7;1-3(2)4(5)6;/h2,5H,1H2,(H,6,7)(H,8,9);1H2,2H3,(H,5,6);1H3. The van der Waals surface area contributed by atoms with Gasteiger partial charge in [-0.25, -0.2) is 9.59 Å². The normalized spacial score (nSPS) is 9.88. The van der Waals surface area contributed by atoms with Crippen molar-refractivity contribution >= 4 is 17.9 Å². The van der Waals surface area contributed by atoms with E-state index >= 15 is 0 Å². The van der Waals surface area contributed by atoms with Gasteiger partial charge in [0.15, 0.2) is 6.10 Å². The number of aliphatic carboxylic acids is 3. The van der Waals surface area contributed by atoms with Crippen LogP contribution in [0.2, 0.25) is 0 Å². The second-order valence-corrected chi connectivity index (χ2v) is 2.54. The highest BCUT2D eigenvalue weighted by molar-refractivity contribution is 5.84. The molecule has 0 rings (SSSR count). The molecule has 1 unspecified atom stereocenters. The third kappa shape index (κ3) is 14.6. The summed E-state index contributed by atoms with van der Waals surface area (Å²) in [7, 11) is 0. The van der Waals surface area contributed by atoms with Crippen LogP contribution in [0.1, 0.15) is 13.3 Å². The van der Waals surface area contributed by atoms with Gasteiger partial charge in [-0.15, -0.1) is 0 Å². The monoisotopic (exact) mass is 237 g/mol. The van der Waals surface area contributed by atoms with E-state index in [1.54, 1.807) is 0 Å². The van der Waals surface area contributed by atoms with Crippen LogP contribution in [0.15, 0.2) is 12.2 Å². The molecule has 0 fully saturated rings. The minimum Gasteiger partial charge on any atom is -0.481 e. The number of rotatable bonds is 4. The fraction of sp³-hybridized carbons (Fsp3) is 0.375. The molecule has 0 amide bonds. The molecule has 0 aromatic heterocycles. The van der Waals surface area contributed by atoms with Crippen LogP contribution >= 0.6 is 0 Å². The van der Waals surface area contributed by atoms with Crippen LogP contribution in [0.5, 0.6) is 0 Å². The van der Waals surface area contributed by atoms with E-state index in [-0.39, 0.29) is 11.7 Å². The Labute approximate surface area is 91.4 Å². The summed E-state index contributed by atoms with van der Waals surface area (Å²) < 4.78 is 0. The third-order valence-corrected chi connectivity index (χ3v) is 1.02. The molecule has 16 heavy (non-hydrogen) atoms. The molecule has 0 aliphatic carbocycles. The van der Waals surface area contributed by atoms with Gasteiger partial charge in [-0.1, -0.05) is 6.58 Å². The molecule has 0 bridgehead atoms. The summed E-state index contributed by atoms with van der Waals surface area (Å²) in [6.45, 7) is 4.60. The molecule has 0 spiro atoms. The van der Waals surface area contributed by atoms with Crippen molar-refractivity contribution < 1.29 is 34.8 Å². The quantitative estimate of drug-likeness (QED) is 0.416. The van der Waals surface area contributed by atoms with Crippen LogP contribution in [-0.2, 0) is 14.4 Å². The van der Waals surface area contributed by atoms with E-state index in [1.807, 2.05) is 0 Å². The lowest BCUT2D eigenvalue weighted by Crippen LogP contribution is -2.22. The largest absolute Gasteiger partial charge is 0.481 e. The molecule has 8 nitrogen and oxygen atoms in total. The molecule has 0 saturated carbocycles. The highest BCUT2D eigenvalue weighted by atomic mass is 16.4. The minimum atomic E-state index is -1.79. The van der Waals surface area contributed by atoms with Gasteiger partial charge in [-0.05, 0) is 6.92 Å². The van der Waals surface area contributed by atoms with Crippen molar-refractivity contribution in [2.24, 2.45) is 0 Å². The van der Waals surface area contributed by atoms with E-state index in [2.05, 4.69) is 6.58 Å². The summed E-state index contributed by atoms with van der Waals surface area (Å²) in [5.74, 6) is -3.78. The van der Waals surface area contributed by atoms with Crippen molar-refractivity contribution in [3.63, 3.8) is 0 Å². The summed E-state index contributed by atoms with van der Waals surface area (Å²) in [6, 6.07) is 0. The fourth-order valence-corrected chi connectivity index (χ4v) is 0.253. The van der Waals surface area contributed by atoms with Crippen LogP contribution < -0.4 is 6.15 Å². The number of aliphatic hydroxyl groups excluding tert-OH is 1. The van der Waals surface area contributed by atoms with Gasteiger partial charge in [-0.3, -0.25) is 4.79 Å². The number of hydrogen-bond acceptors (Lipinski definition) is 5. The van der Waals surface area contributed by atoms with Crippen LogP contribution in [0.3, 0.4) is 0 Å². The van der Waals surface area contributed by atoms with E-state index in [0.717, 1.165) is 0 Å². The lowest BCUT2D eigenvalue weighted by Gasteiger charge is -1.97. The smallest absolute Gasteiger partial charge is 0.333 e. The number of hydrogen-bond donors (Lipinski definition) is 5. The highest BCUT2D eigenvalue weighted by Crippen LogP contribution is 1.89. The first kappa shape index (κ1) is 19.6. The Balaban J connectivity index is -0.000000214. The summed E-state index contributed by atoms with van der Waals surface area (Å²) in [4.78, 5) is 29.0. The number of carboxylic acids is 3. The lowest BCUT2D eigenvalue weighted by atomic mass is 10.3. The maximum absolute atomic E-state index is 9.72. The summed E-state index contributed by atoms with van der Waals surface area (Å²) >= 11 is 0. The summed E-state index contributed by atoms with van der Waals surface area (Å²) in [5, 5.41) is 32.0. The molecule has 0 aromatic rings. The second-order valence-electron chi connectivity index (χ2n) is 2.54. The Morgan fingerprint density at radius 1 is 1.19 bits per heavy atom. The van der Waals surface area contributed by atoms with E-state index in [9.17, 15) is 14.4 Å². The number of carbonyl (C=O) groups is 3. The van der Waals surface area contributed by atoms with Gasteiger partial charge in [0, 0.05) is 5.57 Å². The molecule has 94 valence electrons. The molecule has 1 atom stereocenters. The van der Waals surface area contributed by atoms with Gasteiger partial charge < -0.3 is 26.6 Å². The molecule has 0 radical (unpaired) electrons. The van der Waals surface area contributed by atoms with E-state index < -0.39 is 30.4 Å². The predicted octanol–water partition coefficient (Wildman–Crippen LogP) is -0.284. The molecule has 0 aliphatic heterocycles. The van der Waals surface area contributed by atoms with Crippen molar-refractivity contribution in [2.75, 3.05) is 0 Å². The van der Waals surface area contributed by atoms with Crippen LogP contribution in [-0.4, -0.2) is 44.4 Å². The summed E-state index contributed by atoms with van der Waals surface area (Å²) in [5.41, 5.74) is 0.176. The minimum absolute atomic E-state index is 0. The second kappa shape index (κ2) is 9.62. The van der Waals surface area contributed by atoms with Crippen LogP contribution in [0.4, 0.5) is 0 Å². The zero-order valence-electron chi connectivity index (χ0n) is 8.71. The first-order valence-electron chi connectivity index (χ1n) is 3.70. The average Bonchev–Trinajstić information content (AvgIpc) is 2.03. The Bertz CT molecular complexity index is 262. The van der Waals surface area contributed by atoms with Gasteiger partial charge in [-0.2, -0.15) is 0 Å². The third-order valence-electron chi connectivity index (χ3n) is 1.02. The summed E-state index contributed by atoms with van der Waals surface area (Å²) in [6.07, 6.45) is -2.54. The lowest BCUT2D eigenvalue weighted by molar-refractivity contribution is -0.152. The Morgan fingerprint density at radius 2 is 1.50 bits per heavy atom. The van der Waals surface area contributed by atoms with E-state index in [1.165, 1.54) is 6.92 Å². The first-order chi connectivity index (χ1) is 6.68. The van der Waals surface area contributed by atoms with E-state index in [4.69, 9.17) is 20.4 Å². The molecule has 0 saturated heterocycles. The first-order valence-corrected chi connectivity index (χ1v) is 3.70. The Hall–Kier alpha value is -1.93. The van der Waals surface area contributed by atoms with Crippen molar-refractivity contribution in [3.8, 4) is 0 Å². The fourth-order valence-electron chi connectivity index (χ4n) is 0.253. The SMILES string of the molecule is C=C(C)C(=O)O.N.O=C(O)CC(O)C(=O)O. The zero-order valence-corrected chi connectivity index (χ0v) is 8.71. The molecular formula is C8H15NO7. The number of carboxylic acid groups (broad SMARTS) is 3. The van der Waals surface area contributed by atoms with E-state index in [0.29, 0.717) is 0 Å². The topological polar surface area (TPSA) is 167 Å². The van der Waals surface area contributed by atoms with Gasteiger partial charge in [0.05, 0.1) is 6.42 Å². The average molecular weight is 237 g/mol. The maximum atomic E-state index is 9.72. The van der Waals surface area contributed by atoms with Crippen molar-refractivity contribution in [1.82, 2.24) is 6.15 Å². The van der Waals surface area contributed by atoms with Crippen molar-refractivity contribution in [1.29, 1.82) is 0 Å². The molecule has 0 aromatic carbocycles. The highest BCUT2D eigenvalue weighted by Gasteiger charge is 2.16. The molecule has 0 aliphatic rings. The van der Waals surface area contributed by atoms with Gasteiger partial charge >= 0.3 is 17.9 Å². The Morgan fingerprint density at radius 3 is 1.56 bits per heavy atom. The molecule has 7 N–H and O–H groups in total.